The maximum absolute atomic E-state index is 14.0. The quantitative estimate of drug-likeness (QED) is 0.869. The molecule has 7 heteroatoms. The predicted molar refractivity (Wildman–Crippen MR) is 99.7 cm³/mol. The van der Waals surface area contributed by atoms with Crippen LogP contribution in [0.1, 0.15) is 18.4 Å². The Balaban J connectivity index is 1.79. The van der Waals surface area contributed by atoms with Crippen LogP contribution in [-0.2, 0) is 10.0 Å². The van der Waals surface area contributed by atoms with Crippen molar-refractivity contribution in [2.24, 2.45) is 0 Å². The van der Waals surface area contributed by atoms with E-state index in [0.717, 1.165) is 24.4 Å². The van der Waals surface area contributed by atoms with Gasteiger partial charge in [0.2, 0.25) is 10.0 Å². The highest BCUT2D eigenvalue weighted by atomic mass is 32.2. The van der Waals surface area contributed by atoms with E-state index in [4.69, 9.17) is 4.74 Å². The molecule has 1 unspecified atom stereocenters. The van der Waals surface area contributed by atoms with E-state index in [1.54, 1.807) is 20.1 Å². The monoisotopic (exact) mass is 378 g/mol. The van der Waals surface area contributed by atoms with Gasteiger partial charge in [0.1, 0.15) is 16.5 Å². The maximum atomic E-state index is 14.0. The zero-order valence-electron chi connectivity index (χ0n) is 14.9. The summed E-state index contributed by atoms with van der Waals surface area (Å²) in [5.74, 6) is 0.0150. The zero-order valence-corrected chi connectivity index (χ0v) is 15.7. The molecule has 1 heterocycles. The molecule has 1 fully saturated rings. The van der Waals surface area contributed by atoms with Gasteiger partial charge >= 0.3 is 0 Å². The van der Waals surface area contributed by atoms with Gasteiger partial charge in [0.15, 0.2) is 0 Å². The molecule has 1 aliphatic heterocycles. The van der Waals surface area contributed by atoms with Gasteiger partial charge in [0.05, 0.1) is 12.8 Å². The third kappa shape index (κ3) is 3.99. The first-order chi connectivity index (χ1) is 12.4. The molecule has 1 aliphatic rings. The van der Waals surface area contributed by atoms with Gasteiger partial charge in [0.25, 0.3) is 0 Å². The lowest BCUT2D eigenvalue weighted by atomic mass is 10.1. The number of anilines is 1. The van der Waals surface area contributed by atoms with Crippen molar-refractivity contribution in [3.8, 4) is 5.75 Å². The van der Waals surface area contributed by atoms with Gasteiger partial charge in [-0.15, -0.1) is 0 Å². The molecule has 0 radical (unpaired) electrons. The number of nitrogens with one attached hydrogen (secondary N) is 1. The number of piperidine rings is 1. The molecule has 140 valence electrons. The fourth-order valence-corrected chi connectivity index (χ4v) is 4.71. The lowest BCUT2D eigenvalue weighted by molar-refractivity contribution is 0.408. The van der Waals surface area contributed by atoms with Crippen LogP contribution < -0.4 is 14.4 Å². The number of methoxy groups -OCH3 is 1. The second kappa shape index (κ2) is 7.63. The van der Waals surface area contributed by atoms with Crippen molar-refractivity contribution in [3.05, 3.63) is 53.8 Å². The van der Waals surface area contributed by atoms with Crippen molar-refractivity contribution in [1.29, 1.82) is 0 Å². The van der Waals surface area contributed by atoms with E-state index in [2.05, 4.69) is 9.62 Å². The van der Waals surface area contributed by atoms with E-state index in [9.17, 15) is 12.8 Å². The molecule has 26 heavy (non-hydrogen) atoms. The SMILES string of the molecule is COc1ccccc1N1CCCC(NS(=O)(=O)c2cc(C)ccc2F)C1. The van der Waals surface area contributed by atoms with E-state index in [1.807, 2.05) is 24.3 Å². The number of nitrogens with zero attached hydrogens (tertiary/aromatic N) is 1. The number of aryl methyl sites for hydroxylation is 1. The Morgan fingerprint density at radius 1 is 1.23 bits per heavy atom. The van der Waals surface area contributed by atoms with E-state index < -0.39 is 15.8 Å². The molecule has 5 nitrogen and oxygen atoms in total. The summed E-state index contributed by atoms with van der Waals surface area (Å²) < 4.78 is 47.4. The van der Waals surface area contributed by atoms with E-state index in [1.165, 1.54) is 12.1 Å². The number of rotatable bonds is 5. The summed E-state index contributed by atoms with van der Waals surface area (Å²) in [6.07, 6.45) is 1.54. The van der Waals surface area contributed by atoms with Gasteiger partial charge in [-0.2, -0.15) is 0 Å². The topological polar surface area (TPSA) is 58.6 Å². The van der Waals surface area contributed by atoms with Crippen molar-refractivity contribution >= 4 is 15.7 Å². The van der Waals surface area contributed by atoms with Crippen molar-refractivity contribution in [2.45, 2.75) is 30.7 Å². The Bertz CT molecular complexity index is 886. The number of para-hydroxylation sites is 2. The van der Waals surface area contributed by atoms with Gasteiger partial charge in [-0.05, 0) is 49.6 Å². The third-order valence-corrected chi connectivity index (χ3v) is 6.08. The van der Waals surface area contributed by atoms with Crippen LogP contribution in [0.5, 0.6) is 5.75 Å². The molecular weight excluding hydrogens is 355 g/mol. The van der Waals surface area contributed by atoms with Gasteiger partial charge in [-0.25, -0.2) is 17.5 Å². The molecule has 0 spiro atoms. The minimum Gasteiger partial charge on any atom is -0.495 e. The second-order valence-corrected chi connectivity index (χ2v) is 8.19. The smallest absolute Gasteiger partial charge is 0.243 e. The molecule has 1 atom stereocenters. The number of halogens is 1. The maximum Gasteiger partial charge on any atom is 0.243 e. The Morgan fingerprint density at radius 3 is 2.77 bits per heavy atom. The number of benzene rings is 2. The van der Waals surface area contributed by atoms with Gasteiger partial charge < -0.3 is 9.64 Å². The number of ether oxygens (including phenoxy) is 1. The molecule has 0 aliphatic carbocycles. The molecule has 3 rings (SSSR count). The lowest BCUT2D eigenvalue weighted by Crippen LogP contribution is -2.48. The fraction of sp³-hybridized carbons (Fsp3) is 0.368. The average Bonchev–Trinajstić information content (AvgIpc) is 2.63. The summed E-state index contributed by atoms with van der Waals surface area (Å²) >= 11 is 0. The van der Waals surface area contributed by atoms with Crippen molar-refractivity contribution < 1.29 is 17.5 Å². The fourth-order valence-electron chi connectivity index (χ4n) is 3.28. The van der Waals surface area contributed by atoms with Gasteiger partial charge in [0, 0.05) is 19.1 Å². The Hall–Kier alpha value is -2.12. The molecule has 2 aromatic rings. The minimum absolute atomic E-state index is 0.293. The highest BCUT2D eigenvalue weighted by Crippen LogP contribution is 2.30. The third-order valence-electron chi connectivity index (χ3n) is 4.55. The van der Waals surface area contributed by atoms with Crippen LogP contribution >= 0.6 is 0 Å². The first-order valence-electron chi connectivity index (χ1n) is 8.57. The second-order valence-electron chi connectivity index (χ2n) is 6.51. The van der Waals surface area contributed by atoms with Crippen LogP contribution in [0.15, 0.2) is 47.4 Å². The number of hydrogen-bond donors (Lipinski definition) is 1. The molecular formula is C19H23FN2O3S. The Kier molecular flexibility index (Phi) is 5.48. The van der Waals surface area contributed by atoms with Crippen LogP contribution in [-0.4, -0.2) is 34.7 Å². The summed E-state index contributed by atoms with van der Waals surface area (Å²) in [6.45, 7) is 3.06. The minimum atomic E-state index is -3.92. The van der Waals surface area contributed by atoms with Crippen LogP contribution in [0, 0.1) is 12.7 Å². The average molecular weight is 378 g/mol. The lowest BCUT2D eigenvalue weighted by Gasteiger charge is -2.35. The summed E-state index contributed by atoms with van der Waals surface area (Å²) in [4.78, 5) is 1.80. The Labute approximate surface area is 153 Å². The van der Waals surface area contributed by atoms with Crippen molar-refractivity contribution in [2.75, 3.05) is 25.1 Å². The Morgan fingerprint density at radius 2 is 2.00 bits per heavy atom. The van der Waals surface area contributed by atoms with Crippen molar-refractivity contribution in [3.63, 3.8) is 0 Å². The highest BCUT2D eigenvalue weighted by molar-refractivity contribution is 7.89. The molecule has 1 N–H and O–H groups in total. The van der Waals surface area contributed by atoms with Gasteiger partial charge in [-0.1, -0.05) is 18.2 Å². The molecule has 0 aromatic heterocycles. The van der Waals surface area contributed by atoms with Crippen LogP contribution in [0.2, 0.25) is 0 Å². The largest absolute Gasteiger partial charge is 0.495 e. The molecule has 0 saturated carbocycles. The molecule has 2 aromatic carbocycles. The van der Waals surface area contributed by atoms with Gasteiger partial charge in [-0.3, -0.25) is 0 Å². The predicted octanol–water partition coefficient (Wildman–Crippen LogP) is 3.09. The van der Waals surface area contributed by atoms with Crippen LogP contribution in [0.4, 0.5) is 10.1 Å². The van der Waals surface area contributed by atoms with E-state index in [-0.39, 0.29) is 10.9 Å². The molecule has 0 bridgehead atoms. The van der Waals surface area contributed by atoms with E-state index >= 15 is 0 Å². The normalized spacial score (nSPS) is 18.0. The zero-order chi connectivity index (χ0) is 18.7. The highest BCUT2D eigenvalue weighted by Gasteiger charge is 2.28. The number of hydrogen-bond acceptors (Lipinski definition) is 4. The van der Waals surface area contributed by atoms with E-state index in [0.29, 0.717) is 18.5 Å². The van der Waals surface area contributed by atoms with Crippen LogP contribution in [0.3, 0.4) is 0 Å². The summed E-state index contributed by atoms with van der Waals surface area (Å²) in [5.41, 5.74) is 1.63. The standard InChI is InChI=1S/C19H23FN2O3S/c1-14-9-10-16(20)19(12-14)26(23,24)21-15-6-5-11-22(13-15)17-7-3-4-8-18(17)25-2/h3-4,7-10,12,15,21H,5-6,11,13H2,1-2H3. The molecule has 0 amide bonds. The first kappa shape index (κ1) is 18.7. The summed E-state index contributed by atoms with van der Waals surface area (Å²) in [6, 6.07) is 11.5. The van der Waals surface area contributed by atoms with Crippen molar-refractivity contribution in [1.82, 2.24) is 4.72 Å². The molecule has 1 saturated heterocycles. The summed E-state index contributed by atoms with van der Waals surface area (Å²) in [7, 11) is -2.30. The number of sulfonamides is 1. The van der Waals surface area contributed by atoms with Crippen LogP contribution in [0.25, 0.3) is 0 Å². The first-order valence-corrected chi connectivity index (χ1v) is 10.1. The summed E-state index contributed by atoms with van der Waals surface area (Å²) in [5, 5.41) is 0.